The van der Waals surface area contributed by atoms with Crippen LogP contribution in [0, 0.1) is 0 Å². The van der Waals surface area contributed by atoms with Crippen LogP contribution < -0.4 is 16.4 Å². The molecule has 6 N–H and O–H groups in total. The third-order valence-corrected chi connectivity index (χ3v) is 11.1. The molecule has 1 aliphatic heterocycles. The quantitative estimate of drug-likeness (QED) is 0.0332. The summed E-state index contributed by atoms with van der Waals surface area (Å²) in [5.41, 5.74) is 13.0. The number of nitrogens with two attached hydrogens (primary N) is 1. The SMILES string of the molecule is Nc1ccccc1NC(=O)CCCCCCC(=O)NCc1cccc(-c2ccc([C@@H]3O[C@H](CSc4ccccc4C(=O)O)C[C@H](c4ccc(CO)cc4)O3)cc2)c1. The number of carboxylic acids is 1. The predicted molar refractivity (Wildman–Crippen MR) is 223 cm³/mol. The van der Waals surface area contributed by atoms with Gasteiger partial charge < -0.3 is 36.1 Å². The largest absolute Gasteiger partial charge is 0.478 e. The maximum atomic E-state index is 12.6. The summed E-state index contributed by atoms with van der Waals surface area (Å²) < 4.78 is 13.0. The van der Waals surface area contributed by atoms with Crippen molar-refractivity contribution in [1.29, 1.82) is 0 Å². The lowest BCUT2D eigenvalue weighted by Gasteiger charge is -2.36. The number of para-hydroxylation sites is 2. The number of benzene rings is 5. The second-order valence-electron chi connectivity index (χ2n) is 14.1. The molecule has 0 aliphatic carbocycles. The molecule has 10 nitrogen and oxygen atoms in total. The molecule has 11 heteroatoms. The first kappa shape index (κ1) is 41.2. The van der Waals surface area contributed by atoms with Crippen LogP contribution in [0.25, 0.3) is 11.1 Å². The van der Waals surface area contributed by atoms with E-state index in [-0.39, 0.29) is 36.2 Å². The molecular formula is C46H49N3O7S. The smallest absolute Gasteiger partial charge is 0.336 e. The van der Waals surface area contributed by atoms with Gasteiger partial charge in [-0.15, -0.1) is 11.8 Å². The highest BCUT2D eigenvalue weighted by atomic mass is 32.2. The Bertz CT molecular complexity index is 2110. The van der Waals surface area contributed by atoms with Crippen LogP contribution in [0.15, 0.2) is 126 Å². The number of carboxylic acid groups (broad SMARTS) is 1. The van der Waals surface area contributed by atoms with E-state index < -0.39 is 12.3 Å². The van der Waals surface area contributed by atoms with Gasteiger partial charge in [0.15, 0.2) is 6.29 Å². The number of nitrogen functional groups attached to an aromatic ring is 1. The first-order valence-electron chi connectivity index (χ1n) is 19.3. The van der Waals surface area contributed by atoms with Gasteiger partial charge in [-0.25, -0.2) is 4.79 Å². The lowest BCUT2D eigenvalue weighted by atomic mass is 9.99. The third kappa shape index (κ3) is 12.0. The Morgan fingerprint density at radius 3 is 2.16 bits per heavy atom. The van der Waals surface area contributed by atoms with E-state index >= 15 is 0 Å². The normalized spacial score (nSPS) is 16.5. The van der Waals surface area contributed by atoms with Gasteiger partial charge in [0.1, 0.15) is 0 Å². The van der Waals surface area contributed by atoms with Gasteiger partial charge in [0, 0.05) is 42.0 Å². The van der Waals surface area contributed by atoms with Gasteiger partial charge in [-0.05, 0) is 71.0 Å². The fourth-order valence-corrected chi connectivity index (χ4v) is 7.77. The Morgan fingerprint density at radius 1 is 0.719 bits per heavy atom. The number of amides is 2. The Labute approximate surface area is 337 Å². The van der Waals surface area contributed by atoms with E-state index in [9.17, 15) is 24.6 Å². The van der Waals surface area contributed by atoms with Crippen molar-refractivity contribution in [3.05, 3.63) is 149 Å². The molecule has 2 amide bonds. The van der Waals surface area contributed by atoms with Gasteiger partial charge in [0.05, 0.1) is 35.8 Å². The Morgan fingerprint density at radius 2 is 1.42 bits per heavy atom. The maximum Gasteiger partial charge on any atom is 0.336 e. The maximum absolute atomic E-state index is 12.6. The zero-order valence-electron chi connectivity index (χ0n) is 31.8. The highest BCUT2D eigenvalue weighted by molar-refractivity contribution is 7.99. The van der Waals surface area contributed by atoms with Gasteiger partial charge in [-0.1, -0.05) is 104 Å². The number of nitrogens with one attached hydrogen (secondary N) is 2. The van der Waals surface area contributed by atoms with E-state index in [2.05, 4.69) is 16.7 Å². The van der Waals surface area contributed by atoms with E-state index in [1.165, 1.54) is 11.8 Å². The number of rotatable bonds is 18. The van der Waals surface area contributed by atoms with E-state index in [0.29, 0.717) is 47.8 Å². The number of aromatic carboxylic acids is 1. The Balaban J connectivity index is 0.999. The molecule has 1 fully saturated rings. The summed E-state index contributed by atoms with van der Waals surface area (Å²) in [6.45, 7) is 0.385. The average Bonchev–Trinajstić information content (AvgIpc) is 3.24. The van der Waals surface area contributed by atoms with Gasteiger partial charge >= 0.3 is 5.97 Å². The molecule has 6 rings (SSSR count). The molecule has 296 valence electrons. The van der Waals surface area contributed by atoms with Crippen molar-refractivity contribution >= 4 is 40.9 Å². The van der Waals surface area contributed by atoms with Crippen molar-refractivity contribution in [3.8, 4) is 11.1 Å². The lowest BCUT2D eigenvalue weighted by Crippen LogP contribution is -2.31. The van der Waals surface area contributed by atoms with Crippen molar-refractivity contribution in [2.24, 2.45) is 0 Å². The summed E-state index contributed by atoms with van der Waals surface area (Å²) in [4.78, 5) is 37.3. The minimum atomic E-state index is -0.963. The summed E-state index contributed by atoms with van der Waals surface area (Å²) in [5.74, 6) is -0.478. The Hall–Kier alpha value is -5.46. The summed E-state index contributed by atoms with van der Waals surface area (Å²) in [6.07, 6.45) is 3.56. The fourth-order valence-electron chi connectivity index (χ4n) is 6.71. The molecule has 0 unspecified atom stereocenters. The fraction of sp³-hybridized carbons (Fsp3) is 0.283. The van der Waals surface area contributed by atoms with Gasteiger partial charge in [0.25, 0.3) is 0 Å². The minimum Gasteiger partial charge on any atom is -0.478 e. The highest BCUT2D eigenvalue weighted by Crippen LogP contribution is 2.40. The number of carbonyl (C=O) groups excluding carboxylic acids is 2. The van der Waals surface area contributed by atoms with Crippen molar-refractivity contribution in [2.75, 3.05) is 16.8 Å². The molecule has 0 radical (unpaired) electrons. The number of hydrogen-bond donors (Lipinski definition) is 5. The van der Waals surface area contributed by atoms with Crippen LogP contribution in [0.1, 0.15) is 90.0 Å². The number of aliphatic hydroxyl groups excluding tert-OH is 1. The topological polar surface area (TPSA) is 160 Å². The predicted octanol–water partition coefficient (Wildman–Crippen LogP) is 9.06. The van der Waals surface area contributed by atoms with Gasteiger partial charge in [-0.3, -0.25) is 9.59 Å². The molecule has 1 saturated heterocycles. The molecule has 0 bridgehead atoms. The average molecular weight is 788 g/mol. The van der Waals surface area contributed by atoms with Crippen molar-refractivity contribution in [2.45, 2.75) is 81.5 Å². The monoisotopic (exact) mass is 787 g/mol. The zero-order chi connectivity index (χ0) is 40.0. The number of carbonyl (C=O) groups is 3. The van der Waals surface area contributed by atoms with Crippen molar-refractivity contribution in [1.82, 2.24) is 5.32 Å². The molecular weight excluding hydrogens is 739 g/mol. The van der Waals surface area contributed by atoms with Gasteiger partial charge in [-0.2, -0.15) is 0 Å². The van der Waals surface area contributed by atoms with Crippen LogP contribution in [0.4, 0.5) is 11.4 Å². The number of anilines is 2. The standard InChI is InChI=1S/C46H49N3O7S/c47-39-13-6-7-14-40(39)49-44(52)17-4-2-1-3-16-43(51)48-28-32-10-9-11-36(26-32)33-22-24-35(25-23-33)46-55-37(30-57-42-15-8-5-12-38(42)45(53)54)27-41(56-46)34-20-18-31(29-50)19-21-34/h5-15,18-26,37,41,46,50H,1-4,16-17,27-30,47H2,(H,48,51)(H,49,52)(H,53,54)/t37-,41+,46+/m0/s1. The van der Waals surface area contributed by atoms with E-state index in [1.54, 1.807) is 24.3 Å². The molecule has 1 aliphatic rings. The number of thioether (sulfide) groups is 1. The summed E-state index contributed by atoms with van der Waals surface area (Å²) in [5, 5.41) is 25.1. The van der Waals surface area contributed by atoms with Crippen molar-refractivity contribution < 1.29 is 34.1 Å². The third-order valence-electron chi connectivity index (χ3n) is 9.88. The number of hydrogen-bond acceptors (Lipinski definition) is 8. The van der Waals surface area contributed by atoms with Crippen LogP contribution in [0.5, 0.6) is 0 Å². The summed E-state index contributed by atoms with van der Waals surface area (Å²) in [6, 6.07) is 38.1. The van der Waals surface area contributed by atoms with Crippen LogP contribution in [-0.4, -0.2) is 39.9 Å². The van der Waals surface area contributed by atoms with Crippen LogP contribution >= 0.6 is 11.8 Å². The van der Waals surface area contributed by atoms with Crippen LogP contribution in [0.2, 0.25) is 0 Å². The number of ether oxygens (including phenoxy) is 2. The van der Waals surface area contributed by atoms with Crippen molar-refractivity contribution in [3.63, 3.8) is 0 Å². The molecule has 0 aromatic heterocycles. The zero-order valence-corrected chi connectivity index (χ0v) is 32.6. The molecule has 0 saturated carbocycles. The number of aliphatic hydroxyl groups is 1. The first-order valence-corrected chi connectivity index (χ1v) is 20.3. The van der Waals surface area contributed by atoms with Crippen LogP contribution in [-0.2, 0) is 32.2 Å². The summed E-state index contributed by atoms with van der Waals surface area (Å²) >= 11 is 1.46. The second-order valence-corrected chi connectivity index (χ2v) is 15.2. The Kier molecular flexibility index (Phi) is 14.9. The van der Waals surface area contributed by atoms with Crippen LogP contribution in [0.3, 0.4) is 0 Å². The highest BCUT2D eigenvalue weighted by Gasteiger charge is 2.32. The molecule has 5 aromatic carbocycles. The van der Waals surface area contributed by atoms with Gasteiger partial charge in [0.2, 0.25) is 11.8 Å². The molecule has 3 atom stereocenters. The molecule has 5 aromatic rings. The van der Waals surface area contributed by atoms with E-state index in [4.69, 9.17) is 15.2 Å². The summed E-state index contributed by atoms with van der Waals surface area (Å²) in [7, 11) is 0. The lowest BCUT2D eigenvalue weighted by molar-refractivity contribution is -0.245. The molecule has 1 heterocycles. The van der Waals surface area contributed by atoms with E-state index in [0.717, 1.165) is 59.1 Å². The van der Waals surface area contributed by atoms with E-state index in [1.807, 2.05) is 91.0 Å². The first-order chi connectivity index (χ1) is 27.7. The number of unbranched alkanes of at least 4 members (excludes halogenated alkanes) is 3. The molecule has 57 heavy (non-hydrogen) atoms. The molecule has 0 spiro atoms. The minimum absolute atomic E-state index is 0.0000217. The second kappa shape index (κ2) is 20.6.